The second-order valence-electron chi connectivity index (χ2n) is 6.17. The summed E-state index contributed by atoms with van der Waals surface area (Å²) in [5, 5.41) is 14.8. The van der Waals surface area contributed by atoms with E-state index in [1.54, 1.807) is 0 Å². The number of amides is 2. The van der Waals surface area contributed by atoms with E-state index in [2.05, 4.69) is 24.5 Å². The minimum Gasteiger partial charge on any atom is -0.491 e. The summed E-state index contributed by atoms with van der Waals surface area (Å²) in [6.45, 7) is 5.39. The van der Waals surface area contributed by atoms with Crippen molar-refractivity contribution in [3.8, 4) is 5.75 Å². The first-order valence-corrected chi connectivity index (χ1v) is 7.42. The largest absolute Gasteiger partial charge is 0.491 e. The van der Waals surface area contributed by atoms with E-state index in [0.717, 1.165) is 12.8 Å². The predicted molar refractivity (Wildman–Crippen MR) is 82.5 cm³/mol. The molecule has 0 atom stereocenters. The van der Waals surface area contributed by atoms with Crippen molar-refractivity contribution in [1.29, 1.82) is 0 Å². The second kappa shape index (κ2) is 6.80. The maximum absolute atomic E-state index is 11.9. The molecule has 0 unspecified atom stereocenters. The summed E-state index contributed by atoms with van der Waals surface area (Å²) in [5.74, 6) is 1.09. The minimum atomic E-state index is -0.268. The van der Waals surface area contributed by atoms with Crippen LogP contribution in [0.4, 0.5) is 10.5 Å². The summed E-state index contributed by atoms with van der Waals surface area (Å²) in [5.41, 5.74) is 0.565. The maximum atomic E-state index is 11.9. The van der Waals surface area contributed by atoms with Crippen molar-refractivity contribution in [2.45, 2.75) is 26.7 Å². The van der Waals surface area contributed by atoms with Gasteiger partial charge in [0.2, 0.25) is 0 Å². The number of aliphatic hydroxyl groups excluding tert-OH is 1. The van der Waals surface area contributed by atoms with Gasteiger partial charge in [-0.3, -0.25) is 0 Å². The second-order valence-corrected chi connectivity index (χ2v) is 6.17. The molecule has 5 nitrogen and oxygen atoms in total. The van der Waals surface area contributed by atoms with Gasteiger partial charge in [-0.15, -0.1) is 0 Å². The van der Waals surface area contributed by atoms with Crippen LogP contribution >= 0.6 is 0 Å². The van der Waals surface area contributed by atoms with Gasteiger partial charge in [0.25, 0.3) is 0 Å². The molecule has 0 aromatic heterocycles. The van der Waals surface area contributed by atoms with Gasteiger partial charge in [-0.2, -0.15) is 0 Å². The van der Waals surface area contributed by atoms with Gasteiger partial charge >= 0.3 is 6.03 Å². The van der Waals surface area contributed by atoms with E-state index in [0.29, 0.717) is 30.5 Å². The van der Waals surface area contributed by atoms with Crippen LogP contribution in [0, 0.1) is 11.3 Å². The number of nitrogens with one attached hydrogen (secondary N) is 2. The number of ether oxygens (including phenoxy) is 1. The highest BCUT2D eigenvalue weighted by Crippen LogP contribution is 2.44. The van der Waals surface area contributed by atoms with Crippen LogP contribution in [0.2, 0.25) is 0 Å². The topological polar surface area (TPSA) is 70.6 Å². The lowest BCUT2D eigenvalue weighted by Crippen LogP contribution is -2.35. The Hall–Kier alpha value is -1.75. The van der Waals surface area contributed by atoms with Gasteiger partial charge in [0.05, 0.1) is 18.9 Å². The smallest absolute Gasteiger partial charge is 0.319 e. The fourth-order valence-electron chi connectivity index (χ4n) is 1.95. The fraction of sp³-hybridized carbons (Fsp3) is 0.562. The van der Waals surface area contributed by atoms with Crippen molar-refractivity contribution < 1.29 is 14.6 Å². The molecule has 2 rings (SSSR count). The van der Waals surface area contributed by atoms with Crippen LogP contribution in [0.5, 0.6) is 5.75 Å². The summed E-state index contributed by atoms with van der Waals surface area (Å²) in [7, 11) is 0. The van der Waals surface area contributed by atoms with Crippen molar-refractivity contribution in [3.63, 3.8) is 0 Å². The third kappa shape index (κ3) is 4.63. The summed E-state index contributed by atoms with van der Waals surface area (Å²) >= 11 is 0. The first kappa shape index (κ1) is 15.6. The molecule has 0 aliphatic heterocycles. The number of aliphatic hydroxyl groups is 1. The van der Waals surface area contributed by atoms with Crippen molar-refractivity contribution in [3.05, 3.63) is 24.3 Å². The van der Waals surface area contributed by atoms with Crippen molar-refractivity contribution in [2.75, 3.05) is 25.1 Å². The van der Waals surface area contributed by atoms with Crippen LogP contribution in [0.1, 0.15) is 26.7 Å². The molecule has 1 aliphatic rings. The van der Waals surface area contributed by atoms with Crippen LogP contribution in [0.15, 0.2) is 24.3 Å². The molecule has 2 amide bonds. The fourth-order valence-corrected chi connectivity index (χ4v) is 1.95. The summed E-state index contributed by atoms with van der Waals surface area (Å²) in [6.07, 6.45) is 1.94. The molecule has 1 aromatic rings. The molecule has 1 saturated carbocycles. The number of rotatable bonds is 7. The third-order valence-electron chi connectivity index (χ3n) is 3.62. The molecular weight excluding hydrogens is 268 g/mol. The summed E-state index contributed by atoms with van der Waals surface area (Å²) < 4.78 is 5.70. The average molecular weight is 292 g/mol. The van der Waals surface area contributed by atoms with Crippen molar-refractivity contribution in [2.24, 2.45) is 11.3 Å². The predicted octanol–water partition coefficient (Wildman–Crippen LogP) is 2.62. The Labute approximate surface area is 125 Å². The standard InChI is InChI=1S/C16H24N2O3/c1-12(2)9-21-14-6-4-3-5-13(14)18-15(20)17-10-16(11-19)7-8-16/h3-6,12,19H,7-11H2,1-2H3,(H2,17,18,20). The Balaban J connectivity index is 1.87. The van der Waals surface area contributed by atoms with Gasteiger partial charge in [0.15, 0.2) is 0 Å². The van der Waals surface area contributed by atoms with E-state index in [1.165, 1.54) is 0 Å². The molecule has 0 bridgehead atoms. The molecule has 3 N–H and O–H groups in total. The van der Waals surface area contributed by atoms with E-state index < -0.39 is 0 Å². The number of urea groups is 1. The number of carbonyl (C=O) groups excluding carboxylic acids is 1. The lowest BCUT2D eigenvalue weighted by Gasteiger charge is -2.16. The molecule has 5 heteroatoms. The number of hydrogen-bond donors (Lipinski definition) is 3. The summed E-state index contributed by atoms with van der Waals surface area (Å²) in [6, 6.07) is 7.12. The SMILES string of the molecule is CC(C)COc1ccccc1NC(=O)NCC1(CO)CC1. The van der Waals surface area contributed by atoms with Gasteiger partial charge in [-0.05, 0) is 30.9 Å². The highest BCUT2D eigenvalue weighted by atomic mass is 16.5. The highest BCUT2D eigenvalue weighted by Gasteiger charge is 2.42. The van der Waals surface area contributed by atoms with Crippen LogP contribution in [0.3, 0.4) is 0 Å². The monoisotopic (exact) mass is 292 g/mol. The Morgan fingerprint density at radius 3 is 2.71 bits per heavy atom. The van der Waals surface area contributed by atoms with Crippen LogP contribution in [-0.4, -0.2) is 30.9 Å². The number of anilines is 1. The number of benzene rings is 1. The van der Waals surface area contributed by atoms with E-state index >= 15 is 0 Å². The Kier molecular flexibility index (Phi) is 5.07. The normalized spacial score (nSPS) is 15.6. The van der Waals surface area contributed by atoms with E-state index in [1.807, 2.05) is 24.3 Å². The zero-order valence-electron chi connectivity index (χ0n) is 12.7. The lowest BCUT2D eigenvalue weighted by atomic mass is 10.1. The third-order valence-corrected chi connectivity index (χ3v) is 3.62. The number of hydrogen-bond acceptors (Lipinski definition) is 3. The molecule has 0 radical (unpaired) electrons. The minimum absolute atomic E-state index is 0.0923. The van der Waals surface area contributed by atoms with E-state index in [-0.39, 0.29) is 18.1 Å². The molecule has 1 aromatic carbocycles. The molecule has 0 spiro atoms. The van der Waals surface area contributed by atoms with Gasteiger partial charge in [0.1, 0.15) is 5.75 Å². The van der Waals surface area contributed by atoms with E-state index in [4.69, 9.17) is 4.74 Å². The molecule has 1 aliphatic carbocycles. The number of para-hydroxylation sites is 2. The molecule has 1 fully saturated rings. The quantitative estimate of drug-likeness (QED) is 0.723. The van der Waals surface area contributed by atoms with Gasteiger partial charge < -0.3 is 20.5 Å². The molecule has 0 heterocycles. The summed E-state index contributed by atoms with van der Waals surface area (Å²) in [4.78, 5) is 11.9. The first-order chi connectivity index (χ1) is 10.0. The first-order valence-electron chi connectivity index (χ1n) is 7.42. The Morgan fingerprint density at radius 2 is 2.10 bits per heavy atom. The van der Waals surface area contributed by atoms with Crippen LogP contribution < -0.4 is 15.4 Å². The van der Waals surface area contributed by atoms with Gasteiger partial charge in [-0.1, -0.05) is 26.0 Å². The van der Waals surface area contributed by atoms with Crippen molar-refractivity contribution in [1.82, 2.24) is 5.32 Å². The maximum Gasteiger partial charge on any atom is 0.319 e. The highest BCUT2D eigenvalue weighted by molar-refractivity contribution is 5.90. The zero-order chi connectivity index (χ0) is 15.3. The van der Waals surface area contributed by atoms with Crippen molar-refractivity contribution >= 4 is 11.7 Å². The average Bonchev–Trinajstić information content (AvgIpc) is 3.25. The van der Waals surface area contributed by atoms with Gasteiger partial charge in [0, 0.05) is 12.0 Å². The Bertz CT molecular complexity index is 484. The number of carbonyl (C=O) groups is 1. The van der Waals surface area contributed by atoms with Crippen LogP contribution in [0.25, 0.3) is 0 Å². The lowest BCUT2D eigenvalue weighted by molar-refractivity contribution is 0.206. The molecule has 0 saturated heterocycles. The van der Waals surface area contributed by atoms with E-state index in [9.17, 15) is 9.90 Å². The zero-order valence-corrected chi connectivity index (χ0v) is 12.7. The molecule has 21 heavy (non-hydrogen) atoms. The molecule has 116 valence electrons. The Morgan fingerprint density at radius 1 is 1.38 bits per heavy atom. The van der Waals surface area contributed by atoms with Gasteiger partial charge in [-0.25, -0.2) is 4.79 Å². The van der Waals surface area contributed by atoms with Crippen LogP contribution in [-0.2, 0) is 0 Å². The molecular formula is C16H24N2O3.